The van der Waals surface area contributed by atoms with Crippen molar-refractivity contribution in [2.24, 2.45) is 33.7 Å². The van der Waals surface area contributed by atoms with Crippen molar-refractivity contribution >= 4 is 23.4 Å². The maximum Gasteiger partial charge on any atom is 0.304 e. The van der Waals surface area contributed by atoms with E-state index in [-0.39, 0.29) is 48.0 Å². The van der Waals surface area contributed by atoms with E-state index in [0.717, 1.165) is 56.2 Å². The maximum absolute atomic E-state index is 12.5. The van der Waals surface area contributed by atoms with E-state index in [2.05, 4.69) is 30.4 Å². The Hall–Kier alpha value is -3.00. The van der Waals surface area contributed by atoms with Gasteiger partial charge in [-0.25, -0.2) is 0 Å². The van der Waals surface area contributed by atoms with Gasteiger partial charge in [0.25, 0.3) is 5.91 Å². The minimum absolute atomic E-state index is 0.0702. The monoisotopic (exact) mass is 564 g/mol. The molecule has 4 aliphatic rings. The maximum atomic E-state index is 12.5. The Balaban J connectivity index is 1.18. The third-order valence-electron chi connectivity index (χ3n) is 11.3. The number of carbonyl (C=O) groups excluding carboxylic acids is 2. The predicted octanol–water partition coefficient (Wildman–Crippen LogP) is 5.02. The second-order valence-corrected chi connectivity index (χ2v) is 13.3. The molecule has 1 aromatic carbocycles. The number of ketones is 1. The highest BCUT2D eigenvalue weighted by Gasteiger charge is 2.65. The van der Waals surface area contributed by atoms with Crippen molar-refractivity contribution in [2.45, 2.75) is 90.1 Å². The zero-order valence-corrected chi connectivity index (χ0v) is 24.5. The number of hydrogen-bond donors (Lipinski definition) is 3. The number of carboxylic acid groups (broad SMARTS) is 1. The third-order valence-corrected chi connectivity index (χ3v) is 11.3. The molecule has 7 atom stereocenters. The molecule has 4 aliphatic carbocycles. The summed E-state index contributed by atoms with van der Waals surface area (Å²) in [7, 11) is 0. The van der Waals surface area contributed by atoms with Crippen LogP contribution in [-0.4, -0.2) is 52.3 Å². The van der Waals surface area contributed by atoms with Crippen molar-refractivity contribution in [1.82, 2.24) is 5.32 Å². The van der Waals surface area contributed by atoms with Crippen LogP contribution in [0, 0.1) is 28.6 Å². The Morgan fingerprint density at radius 3 is 2.49 bits per heavy atom. The summed E-state index contributed by atoms with van der Waals surface area (Å²) in [6, 6.07) is 9.32. The number of allylic oxidation sites excluding steroid dienone is 2. The van der Waals surface area contributed by atoms with Gasteiger partial charge in [-0.1, -0.05) is 54.9 Å². The first kappa shape index (κ1) is 29.5. The first-order valence-corrected chi connectivity index (χ1v) is 15.1. The number of aliphatic carboxylic acids is 1. The van der Waals surface area contributed by atoms with Gasteiger partial charge in [0.1, 0.15) is 5.60 Å². The summed E-state index contributed by atoms with van der Waals surface area (Å²) in [6.07, 6.45) is 9.31. The lowest BCUT2D eigenvalue weighted by atomic mass is 9.46. The summed E-state index contributed by atoms with van der Waals surface area (Å²) in [6.45, 7) is 6.09. The average Bonchev–Trinajstić information content (AvgIpc) is 3.23. The second kappa shape index (κ2) is 11.3. The minimum Gasteiger partial charge on any atom is -0.481 e. The van der Waals surface area contributed by atoms with Crippen LogP contribution in [0.3, 0.4) is 0 Å². The van der Waals surface area contributed by atoms with Crippen molar-refractivity contribution in [1.29, 1.82) is 0 Å². The van der Waals surface area contributed by atoms with Crippen molar-refractivity contribution < 1.29 is 29.4 Å². The number of fused-ring (bicyclic) bond motifs is 5. The highest BCUT2D eigenvalue weighted by atomic mass is 16.6. The number of rotatable bonds is 9. The van der Waals surface area contributed by atoms with Crippen LogP contribution in [-0.2, 0) is 19.2 Å². The minimum atomic E-state index is -1.19. The molecule has 3 fully saturated rings. The highest BCUT2D eigenvalue weighted by molar-refractivity contribution is 5.96. The van der Waals surface area contributed by atoms with E-state index in [4.69, 9.17) is 4.84 Å². The van der Waals surface area contributed by atoms with E-state index in [1.165, 1.54) is 5.57 Å². The van der Waals surface area contributed by atoms with Gasteiger partial charge in [0, 0.05) is 17.9 Å². The van der Waals surface area contributed by atoms with Crippen molar-refractivity contribution in [3.8, 4) is 0 Å². The largest absolute Gasteiger partial charge is 0.481 e. The lowest BCUT2D eigenvalue weighted by Crippen LogP contribution is -2.57. The van der Waals surface area contributed by atoms with Gasteiger partial charge in [-0.15, -0.1) is 0 Å². The summed E-state index contributed by atoms with van der Waals surface area (Å²) >= 11 is 0. The fourth-order valence-corrected chi connectivity index (χ4v) is 8.94. The molecule has 5 rings (SSSR count). The molecule has 0 spiro atoms. The lowest BCUT2D eigenvalue weighted by molar-refractivity contribution is -0.159. The number of Topliss-reactive ketones (excluding diaryl/α,β-unsaturated/α-hetero) is 1. The molecule has 0 aromatic heterocycles. The molecule has 1 amide bonds. The molecule has 8 nitrogen and oxygen atoms in total. The van der Waals surface area contributed by atoms with E-state index in [9.17, 15) is 24.6 Å². The number of aliphatic hydroxyl groups is 1. The number of amides is 1. The lowest BCUT2D eigenvalue weighted by Gasteiger charge is -2.59. The molecule has 1 aromatic rings. The molecule has 0 heterocycles. The predicted molar refractivity (Wildman–Crippen MR) is 155 cm³/mol. The van der Waals surface area contributed by atoms with Gasteiger partial charge in [-0.2, -0.15) is 0 Å². The van der Waals surface area contributed by atoms with E-state index in [0.29, 0.717) is 24.2 Å². The average molecular weight is 565 g/mol. The highest BCUT2D eigenvalue weighted by Crippen LogP contribution is 2.67. The van der Waals surface area contributed by atoms with Gasteiger partial charge in [0.05, 0.1) is 12.1 Å². The number of nitrogens with one attached hydrogen (secondary N) is 1. The quantitative estimate of drug-likeness (QED) is 0.362. The first-order valence-electron chi connectivity index (χ1n) is 15.1. The van der Waals surface area contributed by atoms with Crippen molar-refractivity contribution in [3.05, 3.63) is 47.5 Å². The normalized spacial score (nSPS) is 35.9. The van der Waals surface area contributed by atoms with E-state index in [1.807, 2.05) is 30.3 Å². The second-order valence-electron chi connectivity index (χ2n) is 13.3. The molecule has 8 heteroatoms. The number of oxime groups is 1. The Morgan fingerprint density at radius 1 is 1.05 bits per heavy atom. The number of carbonyl (C=O) groups is 3. The van der Waals surface area contributed by atoms with Crippen LogP contribution in [0.15, 0.2) is 47.1 Å². The fraction of sp³-hybridized carbons (Fsp3) is 0.636. The Morgan fingerprint density at radius 2 is 1.78 bits per heavy atom. The fourth-order valence-electron chi connectivity index (χ4n) is 8.94. The SMILES string of the molecule is CC(=O)[C@]1(O)CC[C@@H]2[C@@H]3CCC4=CC(=NOCC(=O)NC[C@@H](CC(=O)O)c5ccccc5)CC[C@]4(C)[C@@H]3CC[C@@]21C. The van der Waals surface area contributed by atoms with Gasteiger partial charge in [-0.05, 0) is 93.1 Å². The topological polar surface area (TPSA) is 125 Å². The van der Waals surface area contributed by atoms with Crippen LogP contribution in [0.25, 0.3) is 0 Å². The number of hydrogen-bond acceptors (Lipinski definition) is 6. The van der Waals surface area contributed by atoms with Crippen LogP contribution in [0.5, 0.6) is 0 Å². The van der Waals surface area contributed by atoms with Crippen LogP contribution in [0.1, 0.15) is 90.0 Å². The molecule has 3 N–H and O–H groups in total. The molecular weight excluding hydrogens is 520 g/mol. The smallest absolute Gasteiger partial charge is 0.304 e. The summed E-state index contributed by atoms with van der Waals surface area (Å²) < 4.78 is 0. The van der Waals surface area contributed by atoms with Gasteiger partial charge in [0.2, 0.25) is 0 Å². The van der Waals surface area contributed by atoms with Crippen LogP contribution in [0.2, 0.25) is 0 Å². The first-order chi connectivity index (χ1) is 19.5. The number of carboxylic acids is 1. The van der Waals surface area contributed by atoms with Crippen LogP contribution >= 0.6 is 0 Å². The number of benzene rings is 1. The Labute approximate surface area is 242 Å². The molecule has 0 aliphatic heterocycles. The van der Waals surface area contributed by atoms with Gasteiger partial charge < -0.3 is 20.4 Å². The summed E-state index contributed by atoms with van der Waals surface area (Å²) in [5.74, 6) is -0.213. The molecule has 0 radical (unpaired) electrons. The zero-order valence-electron chi connectivity index (χ0n) is 24.5. The van der Waals surface area contributed by atoms with E-state index < -0.39 is 11.6 Å². The van der Waals surface area contributed by atoms with Crippen LogP contribution in [0.4, 0.5) is 0 Å². The summed E-state index contributed by atoms with van der Waals surface area (Å²) in [5.41, 5.74) is 1.68. The Bertz CT molecular complexity index is 1240. The Kier molecular flexibility index (Phi) is 8.16. The molecule has 0 saturated heterocycles. The van der Waals surface area contributed by atoms with Crippen molar-refractivity contribution in [3.63, 3.8) is 0 Å². The third kappa shape index (κ3) is 5.36. The zero-order chi connectivity index (χ0) is 29.4. The molecule has 3 saturated carbocycles. The van der Waals surface area contributed by atoms with Crippen molar-refractivity contribution in [2.75, 3.05) is 13.2 Å². The van der Waals surface area contributed by atoms with E-state index >= 15 is 0 Å². The van der Waals surface area contributed by atoms with Gasteiger partial charge >= 0.3 is 5.97 Å². The standard InChI is InChI=1S/C33H44N2O6/c1-21(36)33(40)16-13-28-26-10-9-24-18-25(11-14-31(24,2)27(26)12-15-32(28,33)3)35-41-20-29(37)34-19-23(17-30(38)39)22-7-5-4-6-8-22/h4-8,18,23,26-28,40H,9-17,19-20H2,1-3H3,(H,34,37)(H,38,39)/t23-,26-,27-,28-,31+,32+,33-/m1/s1. The molecule has 41 heavy (non-hydrogen) atoms. The summed E-state index contributed by atoms with van der Waals surface area (Å²) in [5, 5.41) is 27.7. The molecule has 0 unspecified atom stereocenters. The number of nitrogens with zero attached hydrogens (tertiary/aromatic N) is 1. The molecule has 0 bridgehead atoms. The molecule has 222 valence electrons. The van der Waals surface area contributed by atoms with Crippen LogP contribution < -0.4 is 5.32 Å². The van der Waals surface area contributed by atoms with Gasteiger partial charge in [0.15, 0.2) is 12.4 Å². The summed E-state index contributed by atoms with van der Waals surface area (Å²) in [4.78, 5) is 41.7. The molecular formula is C33H44N2O6. The van der Waals surface area contributed by atoms with Gasteiger partial charge in [-0.3, -0.25) is 14.4 Å². The van der Waals surface area contributed by atoms with E-state index in [1.54, 1.807) is 6.92 Å².